The van der Waals surface area contributed by atoms with E-state index in [1.807, 2.05) is 6.92 Å². The van der Waals surface area contributed by atoms with Crippen molar-refractivity contribution in [2.24, 2.45) is 17.8 Å². The molecule has 1 radical (unpaired) electrons. The van der Waals surface area contributed by atoms with E-state index < -0.39 is 15.4 Å². The molecule has 0 saturated heterocycles. The van der Waals surface area contributed by atoms with Crippen LogP contribution in [0.3, 0.4) is 0 Å². The van der Waals surface area contributed by atoms with Crippen molar-refractivity contribution in [3.05, 3.63) is 0 Å². The van der Waals surface area contributed by atoms with Crippen LogP contribution in [0.5, 0.6) is 0 Å². The van der Waals surface area contributed by atoms with E-state index in [4.69, 9.17) is 0 Å². The average molecular weight is 242 g/mol. The SMILES string of the molecule is CC(C)C1CCC(C)C(S(=O)(=O)[O-])C1.[Na]. The Labute approximate surface area is 115 Å². The molecule has 0 amide bonds. The zero-order chi connectivity index (χ0) is 10.9. The van der Waals surface area contributed by atoms with E-state index in [-0.39, 0.29) is 35.5 Å². The van der Waals surface area contributed by atoms with Gasteiger partial charge in [0.15, 0.2) is 0 Å². The molecule has 1 fully saturated rings. The van der Waals surface area contributed by atoms with Crippen LogP contribution in [0.1, 0.15) is 40.0 Å². The van der Waals surface area contributed by atoms with Crippen molar-refractivity contribution in [2.75, 3.05) is 0 Å². The second-order valence-corrected chi connectivity index (χ2v) is 6.42. The van der Waals surface area contributed by atoms with Crippen LogP contribution in [-0.4, -0.2) is 47.8 Å². The molecule has 0 aliphatic heterocycles. The molecule has 1 rings (SSSR count). The van der Waals surface area contributed by atoms with Gasteiger partial charge in [0, 0.05) is 29.6 Å². The molecule has 0 spiro atoms. The molecular weight excluding hydrogens is 223 g/mol. The van der Waals surface area contributed by atoms with Crippen molar-refractivity contribution in [3.63, 3.8) is 0 Å². The largest absolute Gasteiger partial charge is 0.748 e. The van der Waals surface area contributed by atoms with Gasteiger partial charge in [-0.2, -0.15) is 0 Å². The molecule has 0 heterocycles. The summed E-state index contributed by atoms with van der Waals surface area (Å²) in [7, 11) is -4.09. The third-order valence-corrected chi connectivity index (χ3v) is 4.87. The van der Waals surface area contributed by atoms with Crippen LogP contribution in [-0.2, 0) is 10.1 Å². The minimum Gasteiger partial charge on any atom is -0.748 e. The topological polar surface area (TPSA) is 57.2 Å². The average Bonchev–Trinajstić information content (AvgIpc) is 2.02. The van der Waals surface area contributed by atoms with Crippen molar-refractivity contribution in [3.8, 4) is 0 Å². The Kier molecular flexibility index (Phi) is 6.37. The first-order valence-corrected chi connectivity index (χ1v) is 6.74. The molecule has 1 aliphatic rings. The second kappa shape index (κ2) is 6.01. The Morgan fingerprint density at radius 2 is 1.80 bits per heavy atom. The van der Waals surface area contributed by atoms with Gasteiger partial charge in [-0.3, -0.25) is 0 Å². The number of rotatable bonds is 2. The summed E-state index contributed by atoms with van der Waals surface area (Å²) >= 11 is 0. The van der Waals surface area contributed by atoms with E-state index in [2.05, 4.69) is 13.8 Å². The molecule has 0 aromatic rings. The first-order chi connectivity index (χ1) is 6.32. The summed E-state index contributed by atoms with van der Waals surface area (Å²) in [6.07, 6.45) is 2.49. The molecule has 85 valence electrons. The summed E-state index contributed by atoms with van der Waals surface area (Å²) in [6, 6.07) is 0. The Balaban J connectivity index is 0.00000196. The fraction of sp³-hybridized carbons (Fsp3) is 1.00. The van der Waals surface area contributed by atoms with Crippen LogP contribution >= 0.6 is 0 Å². The maximum Gasteiger partial charge on any atom is 0.0978 e. The number of hydrogen-bond donors (Lipinski definition) is 0. The third-order valence-electron chi connectivity index (χ3n) is 3.48. The van der Waals surface area contributed by atoms with Gasteiger partial charge in [0.1, 0.15) is 0 Å². The summed E-state index contributed by atoms with van der Waals surface area (Å²) in [4.78, 5) is 0. The molecule has 3 unspecified atom stereocenters. The summed E-state index contributed by atoms with van der Waals surface area (Å²) in [5.41, 5.74) is 0. The van der Waals surface area contributed by atoms with Crippen LogP contribution in [0.15, 0.2) is 0 Å². The molecule has 3 atom stereocenters. The first kappa shape index (κ1) is 15.9. The minimum absolute atomic E-state index is 0. The molecule has 0 N–H and O–H groups in total. The summed E-state index contributed by atoms with van der Waals surface area (Å²) in [6.45, 7) is 6.06. The van der Waals surface area contributed by atoms with E-state index in [1.54, 1.807) is 0 Å². The van der Waals surface area contributed by atoms with Gasteiger partial charge in [-0.1, -0.05) is 20.8 Å². The molecule has 0 bridgehead atoms. The standard InChI is InChI=1S/C10H20O3S.Na/c1-7(2)9-5-4-8(3)10(6-9)14(11,12)13;/h7-10H,4-6H2,1-3H3,(H,11,12,13);/p-1. The Hall–Kier alpha value is 0.910. The monoisotopic (exact) mass is 242 g/mol. The van der Waals surface area contributed by atoms with E-state index in [0.717, 1.165) is 12.8 Å². The van der Waals surface area contributed by atoms with Gasteiger partial charge in [0.25, 0.3) is 0 Å². The molecule has 0 aromatic heterocycles. The van der Waals surface area contributed by atoms with Crippen molar-refractivity contribution < 1.29 is 13.0 Å². The van der Waals surface area contributed by atoms with E-state index >= 15 is 0 Å². The summed E-state index contributed by atoms with van der Waals surface area (Å²) in [5.74, 6) is 0.916. The van der Waals surface area contributed by atoms with E-state index in [0.29, 0.717) is 18.3 Å². The third kappa shape index (κ3) is 4.35. The first-order valence-electron chi connectivity index (χ1n) is 5.27. The Bertz CT molecular complexity index is 287. The zero-order valence-corrected chi connectivity index (χ0v) is 12.9. The summed E-state index contributed by atoms with van der Waals surface area (Å²) in [5, 5.41) is -0.649. The van der Waals surface area contributed by atoms with Crippen LogP contribution in [0.2, 0.25) is 0 Å². The molecular formula is C10H19NaO3S-. The van der Waals surface area contributed by atoms with Crippen molar-refractivity contribution in [1.82, 2.24) is 0 Å². The van der Waals surface area contributed by atoms with Gasteiger partial charge in [-0.25, -0.2) is 8.42 Å². The predicted molar refractivity (Wildman–Crippen MR) is 60.6 cm³/mol. The van der Waals surface area contributed by atoms with Gasteiger partial charge in [0.2, 0.25) is 0 Å². The van der Waals surface area contributed by atoms with Crippen molar-refractivity contribution >= 4 is 39.7 Å². The van der Waals surface area contributed by atoms with Gasteiger partial charge in [-0.05, 0) is 37.0 Å². The van der Waals surface area contributed by atoms with Gasteiger partial charge < -0.3 is 4.55 Å². The van der Waals surface area contributed by atoms with Gasteiger partial charge in [0.05, 0.1) is 15.4 Å². The maximum absolute atomic E-state index is 11.0. The fourth-order valence-electron chi connectivity index (χ4n) is 2.32. The minimum atomic E-state index is -4.09. The molecule has 15 heavy (non-hydrogen) atoms. The quantitative estimate of drug-likeness (QED) is 0.546. The summed E-state index contributed by atoms with van der Waals surface area (Å²) < 4.78 is 33.0. The van der Waals surface area contributed by atoms with Gasteiger partial charge >= 0.3 is 0 Å². The molecule has 5 heteroatoms. The van der Waals surface area contributed by atoms with Crippen LogP contribution in [0.25, 0.3) is 0 Å². The predicted octanol–water partition coefficient (Wildman–Crippen LogP) is 1.61. The Morgan fingerprint density at radius 3 is 2.20 bits per heavy atom. The van der Waals surface area contributed by atoms with Crippen LogP contribution in [0, 0.1) is 17.8 Å². The zero-order valence-electron chi connectivity index (χ0n) is 10.1. The molecule has 1 saturated carbocycles. The second-order valence-electron chi connectivity index (χ2n) is 4.83. The maximum atomic E-state index is 11.0. The molecule has 0 aromatic carbocycles. The van der Waals surface area contributed by atoms with Crippen LogP contribution in [0.4, 0.5) is 0 Å². The van der Waals surface area contributed by atoms with Crippen molar-refractivity contribution in [1.29, 1.82) is 0 Å². The van der Waals surface area contributed by atoms with E-state index in [9.17, 15) is 13.0 Å². The number of hydrogen-bond acceptors (Lipinski definition) is 3. The molecule has 3 nitrogen and oxygen atoms in total. The molecule has 1 aliphatic carbocycles. The van der Waals surface area contributed by atoms with Crippen LogP contribution < -0.4 is 0 Å². The van der Waals surface area contributed by atoms with Crippen molar-refractivity contribution in [2.45, 2.75) is 45.3 Å². The van der Waals surface area contributed by atoms with Gasteiger partial charge in [-0.15, -0.1) is 0 Å². The normalized spacial score (nSPS) is 32.5. The van der Waals surface area contributed by atoms with E-state index in [1.165, 1.54) is 0 Å². The fourth-order valence-corrected chi connectivity index (χ4v) is 3.51. The smallest absolute Gasteiger partial charge is 0.0978 e. The Morgan fingerprint density at radius 1 is 1.27 bits per heavy atom.